The quantitative estimate of drug-likeness (QED) is 0.362. The third kappa shape index (κ3) is 7.37. The molecule has 1 aromatic carbocycles. The minimum Gasteiger partial charge on any atom is -0.382 e. The van der Waals surface area contributed by atoms with Crippen molar-refractivity contribution in [3.8, 4) is 0 Å². The summed E-state index contributed by atoms with van der Waals surface area (Å²) < 4.78 is 5.37. The molecule has 2 nitrogen and oxygen atoms in total. The Morgan fingerprint density at radius 1 is 0.920 bits per heavy atom. The summed E-state index contributed by atoms with van der Waals surface area (Å²) in [6.45, 7) is 6.13. The maximum Gasteiger partial charge on any atom is 0.0613 e. The normalized spacial score (nSPS) is 14.0. The fourth-order valence-electron chi connectivity index (χ4n) is 3.60. The van der Waals surface area contributed by atoms with Crippen LogP contribution in [-0.2, 0) is 11.2 Å². The number of hydrogen-bond acceptors (Lipinski definition) is 2. The summed E-state index contributed by atoms with van der Waals surface area (Å²) in [4.78, 5) is 2.49. The highest BCUT2D eigenvalue weighted by Crippen LogP contribution is 2.34. The third-order valence-electron chi connectivity index (χ3n) is 5.01. The van der Waals surface area contributed by atoms with E-state index in [2.05, 4.69) is 24.0 Å². The summed E-state index contributed by atoms with van der Waals surface area (Å²) in [5.41, 5.74) is 2.66. The molecular weight excluding hydrogens is 353 g/mol. The van der Waals surface area contributed by atoms with Gasteiger partial charge in [-0.05, 0) is 50.3 Å². The predicted octanol–water partition coefficient (Wildman–Crippen LogP) is 6.90. The Kier molecular flexibility index (Phi) is 10.0. The van der Waals surface area contributed by atoms with Gasteiger partial charge in [0.1, 0.15) is 0 Å². The van der Waals surface area contributed by atoms with Gasteiger partial charge in [0.25, 0.3) is 0 Å². The molecule has 1 aromatic rings. The third-order valence-corrected chi connectivity index (χ3v) is 5.73. The second-order valence-electron chi connectivity index (χ2n) is 7.01. The van der Waals surface area contributed by atoms with Crippen LogP contribution in [-0.4, -0.2) is 26.3 Å². The van der Waals surface area contributed by atoms with E-state index in [1.54, 1.807) is 0 Å². The van der Waals surface area contributed by atoms with Crippen LogP contribution in [0.3, 0.4) is 0 Å². The molecule has 0 saturated heterocycles. The lowest BCUT2D eigenvalue weighted by molar-refractivity contribution is 0.143. The zero-order valence-corrected chi connectivity index (χ0v) is 17.2. The van der Waals surface area contributed by atoms with Crippen molar-refractivity contribution in [3.63, 3.8) is 0 Å². The molecule has 0 spiro atoms. The van der Waals surface area contributed by atoms with Crippen molar-refractivity contribution in [2.75, 3.05) is 31.2 Å². The lowest BCUT2D eigenvalue weighted by Crippen LogP contribution is -2.30. The Morgan fingerprint density at radius 3 is 2.28 bits per heavy atom. The standard InChI is InChI=1S/C21H33Cl2NO/c1-2-25-15-10-8-6-4-3-5-7-9-13-24-14-11-12-18-16-19(22)20(23)17-21(18)24/h16-17H,2-15H2,1H3. The van der Waals surface area contributed by atoms with Crippen LogP contribution in [0.25, 0.3) is 0 Å². The Hall–Kier alpha value is -0.440. The smallest absolute Gasteiger partial charge is 0.0613 e. The van der Waals surface area contributed by atoms with Gasteiger partial charge in [-0.2, -0.15) is 0 Å². The van der Waals surface area contributed by atoms with Crippen molar-refractivity contribution in [1.82, 2.24) is 0 Å². The number of nitrogens with zero attached hydrogens (tertiary/aromatic N) is 1. The lowest BCUT2D eigenvalue weighted by atomic mass is 10.0. The van der Waals surface area contributed by atoms with E-state index < -0.39 is 0 Å². The largest absolute Gasteiger partial charge is 0.382 e. The Bertz CT molecular complexity index is 507. The summed E-state index contributed by atoms with van der Waals surface area (Å²) in [5, 5.41) is 1.36. The fourth-order valence-corrected chi connectivity index (χ4v) is 3.94. The van der Waals surface area contributed by atoms with Crippen LogP contribution in [0.15, 0.2) is 12.1 Å². The number of ether oxygens (including phenoxy) is 1. The second-order valence-corrected chi connectivity index (χ2v) is 7.83. The van der Waals surface area contributed by atoms with E-state index in [9.17, 15) is 0 Å². The number of halogens is 2. The molecule has 25 heavy (non-hydrogen) atoms. The van der Waals surface area contributed by atoms with E-state index >= 15 is 0 Å². The van der Waals surface area contributed by atoms with Gasteiger partial charge in [-0.15, -0.1) is 0 Å². The summed E-state index contributed by atoms with van der Waals surface area (Å²) >= 11 is 12.4. The first-order valence-corrected chi connectivity index (χ1v) is 10.8. The Labute approximate surface area is 163 Å². The summed E-state index contributed by atoms with van der Waals surface area (Å²) in [6, 6.07) is 4.11. The van der Waals surface area contributed by atoms with Gasteiger partial charge in [-0.1, -0.05) is 61.7 Å². The molecule has 0 saturated carbocycles. The van der Waals surface area contributed by atoms with E-state index in [4.69, 9.17) is 27.9 Å². The molecule has 0 bridgehead atoms. The molecule has 0 radical (unpaired) electrons. The lowest BCUT2D eigenvalue weighted by Gasteiger charge is -2.31. The molecule has 0 fully saturated rings. The summed E-state index contributed by atoms with van der Waals surface area (Å²) in [6.07, 6.45) is 12.9. The van der Waals surface area contributed by atoms with Crippen molar-refractivity contribution in [1.29, 1.82) is 0 Å². The number of unbranched alkanes of at least 4 members (excludes halogenated alkanes) is 7. The topological polar surface area (TPSA) is 12.5 Å². The number of fused-ring (bicyclic) bond motifs is 1. The van der Waals surface area contributed by atoms with Gasteiger partial charge < -0.3 is 9.64 Å². The van der Waals surface area contributed by atoms with E-state index in [0.717, 1.165) is 32.7 Å². The van der Waals surface area contributed by atoms with Crippen molar-refractivity contribution in [3.05, 3.63) is 27.7 Å². The number of hydrogen-bond donors (Lipinski definition) is 0. The SMILES string of the molecule is CCOCCCCCCCCCCN1CCCc2cc(Cl)c(Cl)cc21. The van der Waals surface area contributed by atoms with Gasteiger partial charge in [0.15, 0.2) is 0 Å². The summed E-state index contributed by atoms with van der Waals surface area (Å²) in [7, 11) is 0. The number of rotatable bonds is 12. The van der Waals surface area contributed by atoms with Gasteiger partial charge >= 0.3 is 0 Å². The van der Waals surface area contributed by atoms with Gasteiger partial charge in [0.2, 0.25) is 0 Å². The first-order chi connectivity index (χ1) is 12.2. The van der Waals surface area contributed by atoms with Gasteiger partial charge in [-0.3, -0.25) is 0 Å². The van der Waals surface area contributed by atoms with Crippen LogP contribution < -0.4 is 4.90 Å². The minimum absolute atomic E-state index is 0.677. The van der Waals surface area contributed by atoms with E-state index in [1.165, 1.54) is 69.0 Å². The van der Waals surface area contributed by atoms with Crippen LogP contribution in [0.4, 0.5) is 5.69 Å². The highest BCUT2D eigenvalue weighted by atomic mass is 35.5. The van der Waals surface area contributed by atoms with Crippen molar-refractivity contribution in [2.45, 2.75) is 71.1 Å². The maximum absolute atomic E-state index is 6.22. The Balaban J connectivity index is 1.57. The first-order valence-electron chi connectivity index (χ1n) is 10.0. The monoisotopic (exact) mass is 385 g/mol. The van der Waals surface area contributed by atoms with Gasteiger partial charge in [-0.25, -0.2) is 0 Å². The van der Waals surface area contributed by atoms with Crippen molar-refractivity contribution >= 4 is 28.9 Å². The highest BCUT2D eigenvalue weighted by Gasteiger charge is 2.18. The van der Waals surface area contributed by atoms with Crippen molar-refractivity contribution in [2.24, 2.45) is 0 Å². The molecule has 0 aromatic heterocycles. The molecule has 0 amide bonds. The van der Waals surface area contributed by atoms with Crippen molar-refractivity contribution < 1.29 is 4.74 Å². The molecule has 2 rings (SSSR count). The van der Waals surface area contributed by atoms with Gasteiger partial charge in [0.05, 0.1) is 10.0 Å². The summed E-state index contributed by atoms with van der Waals surface area (Å²) in [5.74, 6) is 0. The van der Waals surface area contributed by atoms with E-state index in [1.807, 2.05) is 0 Å². The maximum atomic E-state index is 6.22. The molecule has 142 valence electrons. The number of aryl methyl sites for hydroxylation is 1. The molecule has 4 heteroatoms. The van der Waals surface area contributed by atoms with Crippen LogP contribution in [0, 0.1) is 0 Å². The number of anilines is 1. The van der Waals surface area contributed by atoms with E-state index in [-0.39, 0.29) is 0 Å². The molecule has 1 aliphatic heterocycles. The highest BCUT2D eigenvalue weighted by molar-refractivity contribution is 6.42. The zero-order chi connectivity index (χ0) is 17.9. The average Bonchev–Trinajstić information content (AvgIpc) is 2.61. The van der Waals surface area contributed by atoms with E-state index in [0.29, 0.717) is 10.0 Å². The zero-order valence-electron chi connectivity index (χ0n) is 15.7. The molecule has 0 unspecified atom stereocenters. The molecule has 0 atom stereocenters. The predicted molar refractivity (Wildman–Crippen MR) is 110 cm³/mol. The fraction of sp³-hybridized carbons (Fsp3) is 0.714. The van der Waals surface area contributed by atoms with Crippen LogP contribution in [0.5, 0.6) is 0 Å². The van der Waals surface area contributed by atoms with Crippen LogP contribution in [0.1, 0.15) is 70.3 Å². The van der Waals surface area contributed by atoms with Gasteiger partial charge in [0, 0.05) is 32.0 Å². The molecule has 1 heterocycles. The molecule has 1 aliphatic rings. The first kappa shape index (κ1) is 20.9. The molecule has 0 N–H and O–H groups in total. The average molecular weight is 386 g/mol. The Morgan fingerprint density at radius 2 is 1.56 bits per heavy atom. The number of benzene rings is 1. The second kappa shape index (κ2) is 12.0. The molecule has 0 aliphatic carbocycles. The van der Waals surface area contributed by atoms with Crippen LogP contribution >= 0.6 is 23.2 Å². The van der Waals surface area contributed by atoms with Crippen LogP contribution in [0.2, 0.25) is 10.0 Å². The minimum atomic E-state index is 0.677. The molecular formula is C21H33Cl2NO.